The Bertz CT molecular complexity index is 1230. The van der Waals surface area contributed by atoms with Crippen LogP contribution in [0.3, 0.4) is 0 Å². The number of carbonyl (C=O) groups is 2. The van der Waals surface area contributed by atoms with Gasteiger partial charge in [0.25, 0.3) is 5.91 Å². The van der Waals surface area contributed by atoms with E-state index in [-0.39, 0.29) is 17.9 Å². The van der Waals surface area contributed by atoms with Crippen LogP contribution in [0.1, 0.15) is 39.5 Å². The molecule has 3 aromatic carbocycles. The van der Waals surface area contributed by atoms with Crippen LogP contribution in [0, 0.1) is 0 Å². The van der Waals surface area contributed by atoms with Crippen LogP contribution >= 0.6 is 0 Å². The van der Waals surface area contributed by atoms with E-state index in [0.29, 0.717) is 35.7 Å². The zero-order chi connectivity index (χ0) is 25.1. The maximum absolute atomic E-state index is 13.9. The van der Waals surface area contributed by atoms with Gasteiger partial charge < -0.3 is 19.7 Å². The number of nitrogens with one attached hydrogen (secondary N) is 1. The lowest BCUT2D eigenvalue weighted by molar-refractivity contribution is -0.126. The molecule has 36 heavy (non-hydrogen) atoms. The van der Waals surface area contributed by atoms with Gasteiger partial charge >= 0.3 is 0 Å². The van der Waals surface area contributed by atoms with Crippen LogP contribution < -0.4 is 14.8 Å². The highest BCUT2D eigenvalue weighted by Crippen LogP contribution is 2.45. The first kappa shape index (κ1) is 23.9. The van der Waals surface area contributed by atoms with Gasteiger partial charge in [-0.3, -0.25) is 14.5 Å². The SMILES string of the molecule is COc1ccc2c(c1OC)C(=O)N(C1CCN(Cc3ccccc3)C1)C2C(=O)NCc1ccccc1. The molecule has 0 radical (unpaired) electrons. The van der Waals surface area contributed by atoms with Crippen molar-refractivity contribution in [1.82, 2.24) is 15.1 Å². The summed E-state index contributed by atoms with van der Waals surface area (Å²) >= 11 is 0. The van der Waals surface area contributed by atoms with E-state index in [9.17, 15) is 9.59 Å². The van der Waals surface area contributed by atoms with E-state index >= 15 is 0 Å². The number of likely N-dealkylation sites (tertiary alicyclic amines) is 1. The van der Waals surface area contributed by atoms with Crippen LogP contribution in [0.15, 0.2) is 72.8 Å². The van der Waals surface area contributed by atoms with Crippen LogP contribution in [0.25, 0.3) is 0 Å². The van der Waals surface area contributed by atoms with Crippen LogP contribution in [-0.4, -0.2) is 55.0 Å². The lowest BCUT2D eigenvalue weighted by Crippen LogP contribution is -2.45. The molecule has 1 N–H and O–H groups in total. The molecule has 5 rings (SSSR count). The highest BCUT2D eigenvalue weighted by molar-refractivity contribution is 6.07. The van der Waals surface area contributed by atoms with Crippen LogP contribution in [0.5, 0.6) is 11.5 Å². The maximum Gasteiger partial charge on any atom is 0.259 e. The number of hydrogen-bond donors (Lipinski definition) is 1. The molecule has 2 aliphatic rings. The van der Waals surface area contributed by atoms with Crippen LogP contribution in [0.4, 0.5) is 0 Å². The van der Waals surface area contributed by atoms with Crippen molar-refractivity contribution in [2.24, 2.45) is 0 Å². The highest BCUT2D eigenvalue weighted by atomic mass is 16.5. The van der Waals surface area contributed by atoms with Gasteiger partial charge in [0.05, 0.1) is 19.8 Å². The standard InChI is InChI=1S/C29H31N3O4/c1-35-24-14-13-23-25(27(24)36-2)29(34)32(26(23)28(33)30-17-20-9-5-3-6-10-20)22-15-16-31(19-22)18-21-11-7-4-8-12-21/h3-14,22,26H,15-19H2,1-2H3,(H,30,33). The normalized spacial score (nSPS) is 19.3. The van der Waals surface area contributed by atoms with E-state index in [4.69, 9.17) is 9.47 Å². The molecule has 0 aromatic heterocycles. The third-order valence-electron chi connectivity index (χ3n) is 7.05. The largest absolute Gasteiger partial charge is 0.493 e. The molecule has 2 atom stereocenters. The van der Waals surface area contributed by atoms with E-state index in [1.54, 1.807) is 18.1 Å². The minimum Gasteiger partial charge on any atom is -0.493 e. The molecule has 0 spiro atoms. The molecule has 7 heteroatoms. The van der Waals surface area contributed by atoms with Crippen molar-refractivity contribution >= 4 is 11.8 Å². The average Bonchev–Trinajstić information content (AvgIpc) is 3.49. The summed E-state index contributed by atoms with van der Waals surface area (Å²) in [6.07, 6.45) is 0.800. The topological polar surface area (TPSA) is 71.1 Å². The molecule has 1 fully saturated rings. The Hall–Kier alpha value is -3.84. The summed E-state index contributed by atoms with van der Waals surface area (Å²) in [4.78, 5) is 31.6. The fourth-order valence-corrected chi connectivity index (χ4v) is 5.34. The van der Waals surface area contributed by atoms with Gasteiger partial charge in [0, 0.05) is 37.8 Å². The molecule has 0 saturated carbocycles. The number of ether oxygens (including phenoxy) is 2. The smallest absolute Gasteiger partial charge is 0.259 e. The van der Waals surface area contributed by atoms with E-state index in [2.05, 4.69) is 22.3 Å². The van der Waals surface area contributed by atoms with Crippen LogP contribution in [-0.2, 0) is 17.9 Å². The van der Waals surface area contributed by atoms with Crippen molar-refractivity contribution in [1.29, 1.82) is 0 Å². The van der Waals surface area contributed by atoms with Crippen molar-refractivity contribution < 1.29 is 19.1 Å². The highest BCUT2D eigenvalue weighted by Gasteiger charge is 2.48. The minimum absolute atomic E-state index is 0.0863. The van der Waals surface area contributed by atoms with Gasteiger partial charge in [-0.25, -0.2) is 0 Å². The van der Waals surface area contributed by atoms with Gasteiger partial charge in [-0.1, -0.05) is 66.7 Å². The maximum atomic E-state index is 13.9. The Labute approximate surface area is 211 Å². The Morgan fingerprint density at radius 3 is 2.31 bits per heavy atom. The molecular formula is C29H31N3O4. The number of methoxy groups -OCH3 is 2. The Morgan fingerprint density at radius 2 is 1.64 bits per heavy atom. The van der Waals surface area contributed by atoms with Gasteiger partial charge in [0.2, 0.25) is 5.91 Å². The molecule has 186 valence electrons. The summed E-state index contributed by atoms with van der Waals surface area (Å²) in [7, 11) is 3.07. The first-order chi connectivity index (χ1) is 17.6. The van der Waals surface area contributed by atoms with Crippen molar-refractivity contribution in [3.05, 3.63) is 95.1 Å². The summed E-state index contributed by atoms with van der Waals surface area (Å²) in [6, 6.07) is 22.9. The second kappa shape index (κ2) is 10.4. The monoisotopic (exact) mass is 485 g/mol. The first-order valence-corrected chi connectivity index (χ1v) is 12.3. The molecule has 0 aliphatic carbocycles. The fourth-order valence-electron chi connectivity index (χ4n) is 5.34. The van der Waals surface area contributed by atoms with E-state index < -0.39 is 6.04 Å². The molecule has 2 unspecified atom stereocenters. The minimum atomic E-state index is -0.724. The average molecular weight is 486 g/mol. The summed E-state index contributed by atoms with van der Waals surface area (Å²) in [5.41, 5.74) is 3.31. The zero-order valence-corrected chi connectivity index (χ0v) is 20.6. The molecule has 2 aliphatic heterocycles. The summed E-state index contributed by atoms with van der Waals surface area (Å²) < 4.78 is 11.1. The van der Waals surface area contributed by atoms with Crippen molar-refractivity contribution in [2.75, 3.05) is 27.3 Å². The predicted molar refractivity (Wildman–Crippen MR) is 137 cm³/mol. The number of carbonyl (C=O) groups excluding carboxylic acids is 2. The third-order valence-corrected chi connectivity index (χ3v) is 7.05. The van der Waals surface area contributed by atoms with E-state index in [1.807, 2.05) is 54.6 Å². The molecule has 7 nitrogen and oxygen atoms in total. The summed E-state index contributed by atoms with van der Waals surface area (Å²) in [5.74, 6) is 0.473. The zero-order valence-electron chi connectivity index (χ0n) is 20.6. The number of nitrogens with zero attached hydrogens (tertiary/aromatic N) is 2. The molecule has 2 heterocycles. The number of benzene rings is 3. The second-order valence-electron chi connectivity index (χ2n) is 9.25. The second-order valence-corrected chi connectivity index (χ2v) is 9.25. The Kier molecular flexibility index (Phi) is 6.91. The molecule has 2 amide bonds. The lowest BCUT2D eigenvalue weighted by atomic mass is 10.0. The quantitative estimate of drug-likeness (QED) is 0.526. The number of hydrogen-bond acceptors (Lipinski definition) is 5. The number of fused-ring (bicyclic) bond motifs is 1. The Balaban J connectivity index is 1.43. The van der Waals surface area contributed by atoms with Gasteiger partial charge in [-0.05, 0) is 23.6 Å². The number of amides is 2. The van der Waals surface area contributed by atoms with E-state index in [1.165, 1.54) is 12.7 Å². The molecular weight excluding hydrogens is 454 g/mol. The molecule has 0 bridgehead atoms. The summed E-state index contributed by atoms with van der Waals surface area (Å²) in [6.45, 7) is 2.77. The van der Waals surface area contributed by atoms with Crippen molar-refractivity contribution in [3.63, 3.8) is 0 Å². The van der Waals surface area contributed by atoms with E-state index in [0.717, 1.165) is 25.1 Å². The predicted octanol–water partition coefficient (Wildman–Crippen LogP) is 3.79. The Morgan fingerprint density at radius 1 is 0.944 bits per heavy atom. The molecule has 1 saturated heterocycles. The van der Waals surface area contributed by atoms with Crippen molar-refractivity contribution in [2.45, 2.75) is 31.6 Å². The lowest BCUT2D eigenvalue weighted by Gasteiger charge is -2.30. The molecule has 3 aromatic rings. The van der Waals surface area contributed by atoms with Gasteiger partial charge in [0.1, 0.15) is 6.04 Å². The third kappa shape index (κ3) is 4.54. The van der Waals surface area contributed by atoms with Gasteiger partial charge in [0.15, 0.2) is 11.5 Å². The fraction of sp³-hybridized carbons (Fsp3) is 0.310. The van der Waals surface area contributed by atoms with Crippen LogP contribution in [0.2, 0.25) is 0 Å². The van der Waals surface area contributed by atoms with Gasteiger partial charge in [-0.15, -0.1) is 0 Å². The summed E-state index contributed by atoms with van der Waals surface area (Å²) in [5, 5.41) is 3.05. The first-order valence-electron chi connectivity index (χ1n) is 12.3. The van der Waals surface area contributed by atoms with Gasteiger partial charge in [-0.2, -0.15) is 0 Å². The number of rotatable bonds is 8. The van der Waals surface area contributed by atoms with Crippen molar-refractivity contribution in [3.8, 4) is 11.5 Å².